The number of aromatic nitrogens is 2. The molecule has 3 aromatic rings. The summed E-state index contributed by atoms with van der Waals surface area (Å²) in [5, 5.41) is 13.8. The van der Waals surface area contributed by atoms with E-state index in [0.717, 1.165) is 21.4 Å². The second-order valence-corrected chi connectivity index (χ2v) is 6.52. The van der Waals surface area contributed by atoms with Crippen LogP contribution in [0.25, 0.3) is 17.8 Å². The highest BCUT2D eigenvalue weighted by Crippen LogP contribution is 2.16. The maximum Gasteiger partial charge on any atom is 0.290 e. The molecule has 0 atom stereocenters. The number of nitrogens with zero attached hydrogens (tertiary/aromatic N) is 3. The summed E-state index contributed by atoms with van der Waals surface area (Å²) in [7, 11) is 0. The molecule has 144 valence electrons. The maximum atomic E-state index is 12.9. The minimum Gasteiger partial charge on any atom is -0.289 e. The molecule has 7 heteroatoms. The Hall–Kier alpha value is -4.02. The zero-order chi connectivity index (χ0) is 21.0. The van der Waals surface area contributed by atoms with Gasteiger partial charge in [-0.1, -0.05) is 59.7 Å². The van der Waals surface area contributed by atoms with Crippen molar-refractivity contribution in [2.45, 2.75) is 13.8 Å². The van der Waals surface area contributed by atoms with E-state index >= 15 is 0 Å². The van der Waals surface area contributed by atoms with E-state index in [2.05, 4.69) is 5.10 Å². The molecule has 1 aromatic heterocycles. The largest absolute Gasteiger partial charge is 0.290 e. The number of carbonyl (C=O) groups is 1. The van der Waals surface area contributed by atoms with Crippen LogP contribution in [-0.4, -0.2) is 15.7 Å². The Morgan fingerprint density at radius 1 is 1.07 bits per heavy atom. The van der Waals surface area contributed by atoms with Crippen LogP contribution in [0.5, 0.6) is 0 Å². The van der Waals surface area contributed by atoms with E-state index in [4.69, 9.17) is 5.84 Å². The summed E-state index contributed by atoms with van der Waals surface area (Å²) < 4.78 is 1.03. The fourth-order valence-electron chi connectivity index (χ4n) is 2.76. The van der Waals surface area contributed by atoms with Crippen LogP contribution in [0.15, 0.2) is 53.3 Å². The van der Waals surface area contributed by atoms with Crippen molar-refractivity contribution in [3.8, 4) is 11.8 Å². The Balaban J connectivity index is 2.22. The molecule has 0 spiro atoms. The van der Waals surface area contributed by atoms with E-state index in [0.29, 0.717) is 5.69 Å². The van der Waals surface area contributed by atoms with Crippen molar-refractivity contribution in [3.63, 3.8) is 0 Å². The van der Waals surface area contributed by atoms with Gasteiger partial charge in [0.1, 0.15) is 11.6 Å². The number of aryl methyl sites for hydroxylation is 2. The fraction of sp³-hybridized carbons (Fsp3) is 0.0909. The first-order chi connectivity index (χ1) is 13.9. The van der Waals surface area contributed by atoms with Crippen molar-refractivity contribution in [2.24, 2.45) is 5.84 Å². The summed E-state index contributed by atoms with van der Waals surface area (Å²) in [6.07, 6.45) is 3.24. The standard InChI is InChI=1S/C22H19N5O2/c1-14-3-7-16(8-4-14)9-12-18-19(13-23)22(29)27(26-20(18)21(28)25-24)17-10-5-15(2)6-11-17/h3-12H,24H2,1-2H3,(H,25,28)/b12-9+. The van der Waals surface area contributed by atoms with Gasteiger partial charge in [0.2, 0.25) is 0 Å². The number of amides is 1. The first kappa shape index (κ1) is 19.7. The molecule has 0 unspecified atom stereocenters. The first-order valence-corrected chi connectivity index (χ1v) is 8.84. The normalized spacial score (nSPS) is 10.7. The van der Waals surface area contributed by atoms with Gasteiger partial charge in [0, 0.05) is 5.56 Å². The molecule has 0 fully saturated rings. The minimum atomic E-state index is -0.703. The first-order valence-electron chi connectivity index (χ1n) is 8.84. The Kier molecular flexibility index (Phi) is 5.67. The summed E-state index contributed by atoms with van der Waals surface area (Å²) in [6.45, 7) is 3.88. The van der Waals surface area contributed by atoms with E-state index in [9.17, 15) is 14.9 Å². The lowest BCUT2D eigenvalue weighted by atomic mass is 10.1. The smallest absolute Gasteiger partial charge is 0.289 e. The second kappa shape index (κ2) is 8.33. The molecule has 7 nitrogen and oxygen atoms in total. The van der Waals surface area contributed by atoms with Gasteiger partial charge in [-0.2, -0.15) is 15.0 Å². The van der Waals surface area contributed by atoms with Crippen molar-refractivity contribution in [2.75, 3.05) is 0 Å². The number of nitriles is 1. The van der Waals surface area contributed by atoms with Crippen molar-refractivity contribution in [3.05, 3.63) is 92.4 Å². The molecule has 0 aliphatic rings. The Morgan fingerprint density at radius 3 is 2.21 bits per heavy atom. The predicted octanol–water partition coefficient (Wildman–Crippen LogP) is 2.49. The second-order valence-electron chi connectivity index (χ2n) is 6.52. The molecule has 1 heterocycles. The quantitative estimate of drug-likeness (QED) is 0.407. The molecule has 0 aliphatic heterocycles. The van der Waals surface area contributed by atoms with Gasteiger partial charge in [-0.3, -0.25) is 15.0 Å². The van der Waals surface area contributed by atoms with Gasteiger partial charge >= 0.3 is 0 Å². The van der Waals surface area contributed by atoms with Crippen LogP contribution >= 0.6 is 0 Å². The highest BCUT2D eigenvalue weighted by atomic mass is 16.2. The molecule has 0 bridgehead atoms. The number of nitrogens with two attached hydrogens (primary N) is 1. The van der Waals surface area contributed by atoms with Crippen LogP contribution in [0.3, 0.4) is 0 Å². The maximum absolute atomic E-state index is 12.9. The van der Waals surface area contributed by atoms with Crippen molar-refractivity contribution >= 4 is 18.1 Å². The molecule has 29 heavy (non-hydrogen) atoms. The lowest BCUT2D eigenvalue weighted by molar-refractivity contribution is 0.0946. The zero-order valence-corrected chi connectivity index (χ0v) is 16.0. The number of nitrogens with one attached hydrogen (secondary N) is 1. The van der Waals surface area contributed by atoms with E-state index in [1.54, 1.807) is 18.2 Å². The van der Waals surface area contributed by atoms with E-state index in [-0.39, 0.29) is 16.8 Å². The molecular formula is C22H19N5O2. The minimum absolute atomic E-state index is 0.115. The van der Waals surface area contributed by atoms with Crippen molar-refractivity contribution in [1.29, 1.82) is 5.26 Å². The summed E-state index contributed by atoms with van der Waals surface area (Å²) >= 11 is 0. The molecule has 3 rings (SSSR count). The van der Waals surface area contributed by atoms with Crippen LogP contribution in [0, 0.1) is 25.2 Å². The molecule has 3 N–H and O–H groups in total. The number of nitrogen functional groups attached to an aromatic ring is 1. The summed E-state index contributed by atoms with van der Waals surface area (Å²) in [6, 6.07) is 16.6. The van der Waals surface area contributed by atoms with E-state index in [1.807, 2.05) is 61.7 Å². The monoisotopic (exact) mass is 385 g/mol. The number of benzene rings is 2. The third-order valence-electron chi connectivity index (χ3n) is 4.39. The van der Waals surface area contributed by atoms with Crippen LogP contribution < -0.4 is 16.8 Å². The highest BCUT2D eigenvalue weighted by molar-refractivity contribution is 5.97. The molecule has 0 saturated carbocycles. The SMILES string of the molecule is Cc1ccc(/C=C/c2c(C(=O)NN)nn(-c3ccc(C)cc3)c(=O)c2C#N)cc1. The zero-order valence-electron chi connectivity index (χ0n) is 16.0. The number of hydrazine groups is 1. The van der Waals surface area contributed by atoms with Crippen LogP contribution in [0.1, 0.15) is 38.3 Å². The van der Waals surface area contributed by atoms with Gasteiger partial charge in [-0.05, 0) is 31.5 Å². The van der Waals surface area contributed by atoms with Crippen LogP contribution in [0.4, 0.5) is 0 Å². The number of carbonyl (C=O) groups excluding carboxylic acids is 1. The summed E-state index contributed by atoms with van der Waals surface area (Å²) in [5.41, 5.74) is 4.61. The van der Waals surface area contributed by atoms with Gasteiger partial charge < -0.3 is 0 Å². The van der Waals surface area contributed by atoms with Crippen LogP contribution in [0.2, 0.25) is 0 Å². The predicted molar refractivity (Wildman–Crippen MR) is 111 cm³/mol. The third-order valence-corrected chi connectivity index (χ3v) is 4.39. The van der Waals surface area contributed by atoms with Gasteiger partial charge in [-0.25, -0.2) is 5.84 Å². The average molecular weight is 385 g/mol. The van der Waals surface area contributed by atoms with Gasteiger partial charge in [0.05, 0.1) is 5.69 Å². The fourth-order valence-corrected chi connectivity index (χ4v) is 2.76. The topological polar surface area (TPSA) is 114 Å². The lowest BCUT2D eigenvalue weighted by Gasteiger charge is -2.11. The van der Waals surface area contributed by atoms with Crippen LogP contribution in [-0.2, 0) is 0 Å². The number of hydrogen-bond donors (Lipinski definition) is 2. The molecule has 0 aliphatic carbocycles. The van der Waals surface area contributed by atoms with E-state index in [1.165, 1.54) is 6.08 Å². The Bertz CT molecular complexity index is 1180. The highest BCUT2D eigenvalue weighted by Gasteiger charge is 2.21. The van der Waals surface area contributed by atoms with Gasteiger partial charge in [0.25, 0.3) is 11.5 Å². The van der Waals surface area contributed by atoms with Gasteiger partial charge in [0.15, 0.2) is 5.69 Å². The lowest BCUT2D eigenvalue weighted by Crippen LogP contribution is -2.35. The summed E-state index contributed by atoms with van der Waals surface area (Å²) in [4.78, 5) is 25.3. The van der Waals surface area contributed by atoms with E-state index < -0.39 is 11.5 Å². The molecule has 0 radical (unpaired) electrons. The molecule has 1 amide bonds. The third kappa shape index (κ3) is 4.13. The molecule has 2 aromatic carbocycles. The number of hydrogen-bond acceptors (Lipinski definition) is 5. The average Bonchev–Trinajstić information content (AvgIpc) is 2.73. The summed E-state index contributed by atoms with van der Waals surface area (Å²) in [5.74, 6) is 4.60. The van der Waals surface area contributed by atoms with Crippen molar-refractivity contribution < 1.29 is 4.79 Å². The molecule has 0 saturated heterocycles. The number of rotatable bonds is 4. The Morgan fingerprint density at radius 2 is 1.66 bits per heavy atom. The molecular weight excluding hydrogens is 366 g/mol. The van der Waals surface area contributed by atoms with Crippen molar-refractivity contribution in [1.82, 2.24) is 15.2 Å². The Labute approximate surface area is 167 Å². The van der Waals surface area contributed by atoms with Gasteiger partial charge in [-0.15, -0.1) is 0 Å².